The summed E-state index contributed by atoms with van der Waals surface area (Å²) in [7, 11) is 0. The topological polar surface area (TPSA) is 49.6 Å². The molecule has 1 aliphatic heterocycles. The molecule has 0 radical (unpaired) electrons. The number of rotatable bonds is 4. The molecule has 4 nitrogen and oxygen atoms in total. The van der Waals surface area contributed by atoms with Crippen molar-refractivity contribution < 1.29 is 4.79 Å². The predicted octanol–water partition coefficient (Wildman–Crippen LogP) is 1.55. The van der Waals surface area contributed by atoms with Crippen molar-refractivity contribution in [1.82, 2.24) is 9.80 Å². The summed E-state index contributed by atoms with van der Waals surface area (Å²) in [5, 5.41) is 0. The highest BCUT2D eigenvalue weighted by molar-refractivity contribution is 5.79. The van der Waals surface area contributed by atoms with Crippen LogP contribution in [0.1, 0.15) is 39.5 Å². The van der Waals surface area contributed by atoms with E-state index in [1.54, 1.807) is 0 Å². The fourth-order valence-electron chi connectivity index (χ4n) is 3.43. The Balaban J connectivity index is 1.74. The van der Waals surface area contributed by atoms with Gasteiger partial charge in [0.15, 0.2) is 0 Å². The second kappa shape index (κ2) is 7.41. The van der Waals surface area contributed by atoms with E-state index in [9.17, 15) is 4.79 Å². The van der Waals surface area contributed by atoms with E-state index >= 15 is 0 Å². The minimum absolute atomic E-state index is 0.306. The molecule has 1 aliphatic carbocycles. The molecule has 1 unspecified atom stereocenters. The highest BCUT2D eigenvalue weighted by atomic mass is 16.2. The van der Waals surface area contributed by atoms with E-state index in [4.69, 9.17) is 5.73 Å². The molecule has 4 heteroatoms. The zero-order valence-electron chi connectivity index (χ0n) is 13.2. The lowest BCUT2D eigenvalue weighted by molar-refractivity contribution is -0.138. The fourth-order valence-corrected chi connectivity index (χ4v) is 3.43. The van der Waals surface area contributed by atoms with Gasteiger partial charge in [-0.2, -0.15) is 0 Å². The Kier molecular flexibility index (Phi) is 5.85. The molecule has 20 heavy (non-hydrogen) atoms. The zero-order valence-corrected chi connectivity index (χ0v) is 13.2. The van der Waals surface area contributed by atoms with E-state index < -0.39 is 0 Å². The monoisotopic (exact) mass is 281 g/mol. The maximum Gasteiger partial charge on any atom is 0.225 e. The van der Waals surface area contributed by atoms with Crippen LogP contribution in [0, 0.1) is 17.8 Å². The summed E-state index contributed by atoms with van der Waals surface area (Å²) in [6.45, 7) is 10.2. The average Bonchev–Trinajstić information content (AvgIpc) is 2.48. The average molecular weight is 281 g/mol. The Hall–Kier alpha value is -0.610. The third kappa shape index (κ3) is 4.19. The van der Waals surface area contributed by atoms with Gasteiger partial charge in [-0.1, -0.05) is 13.8 Å². The van der Waals surface area contributed by atoms with Crippen molar-refractivity contribution in [3.05, 3.63) is 0 Å². The number of piperazine rings is 1. The third-order valence-corrected chi connectivity index (χ3v) is 5.02. The molecule has 2 N–H and O–H groups in total. The Morgan fingerprint density at radius 1 is 1.15 bits per heavy atom. The van der Waals surface area contributed by atoms with Crippen LogP contribution in [-0.4, -0.2) is 55.0 Å². The summed E-state index contributed by atoms with van der Waals surface area (Å²) in [5.74, 6) is 2.09. The first kappa shape index (κ1) is 15.8. The molecule has 1 atom stereocenters. The van der Waals surface area contributed by atoms with Crippen molar-refractivity contribution >= 4 is 5.91 Å². The summed E-state index contributed by atoms with van der Waals surface area (Å²) in [6, 6.07) is 0. The first-order chi connectivity index (χ1) is 9.60. The van der Waals surface area contributed by atoms with Gasteiger partial charge in [0.1, 0.15) is 0 Å². The molecule has 2 rings (SSSR count). The molecule has 2 fully saturated rings. The lowest BCUT2D eigenvalue weighted by atomic mass is 9.82. The maximum atomic E-state index is 12.5. The van der Waals surface area contributed by atoms with Crippen LogP contribution in [-0.2, 0) is 4.79 Å². The van der Waals surface area contributed by atoms with Gasteiger partial charge in [0.25, 0.3) is 0 Å². The zero-order chi connectivity index (χ0) is 14.5. The summed E-state index contributed by atoms with van der Waals surface area (Å²) >= 11 is 0. The number of carbonyl (C=O) groups excluding carboxylic acids is 1. The Labute approximate surface area is 123 Å². The van der Waals surface area contributed by atoms with Crippen LogP contribution in [0.25, 0.3) is 0 Å². The fraction of sp³-hybridized carbons (Fsp3) is 0.938. The van der Waals surface area contributed by atoms with E-state index in [-0.39, 0.29) is 0 Å². The van der Waals surface area contributed by atoms with E-state index in [2.05, 4.69) is 23.6 Å². The van der Waals surface area contributed by atoms with Gasteiger partial charge in [-0.15, -0.1) is 0 Å². The molecule has 1 amide bonds. The smallest absolute Gasteiger partial charge is 0.225 e. The van der Waals surface area contributed by atoms with E-state index in [0.717, 1.165) is 58.0 Å². The van der Waals surface area contributed by atoms with Gasteiger partial charge in [0.05, 0.1) is 0 Å². The molecule has 0 aromatic carbocycles. The largest absolute Gasteiger partial charge is 0.340 e. The van der Waals surface area contributed by atoms with Crippen LogP contribution >= 0.6 is 0 Å². The summed E-state index contributed by atoms with van der Waals surface area (Å²) in [6.07, 6.45) is 4.66. The van der Waals surface area contributed by atoms with E-state index in [1.807, 2.05) is 0 Å². The van der Waals surface area contributed by atoms with Crippen LogP contribution in [0.15, 0.2) is 0 Å². The Morgan fingerprint density at radius 3 is 2.30 bits per heavy atom. The highest BCUT2D eigenvalue weighted by Crippen LogP contribution is 2.29. The SMILES string of the molecule is CC1CCC(C(=O)N2CCN(CC(C)CN)CC2)CC1. The number of amides is 1. The van der Waals surface area contributed by atoms with Crippen LogP contribution in [0.3, 0.4) is 0 Å². The molecular formula is C16H31N3O. The molecule has 0 aromatic heterocycles. The predicted molar refractivity (Wildman–Crippen MR) is 82.4 cm³/mol. The van der Waals surface area contributed by atoms with Crippen molar-refractivity contribution in [2.24, 2.45) is 23.5 Å². The maximum absolute atomic E-state index is 12.5. The second-order valence-corrected chi connectivity index (χ2v) is 6.92. The van der Waals surface area contributed by atoms with Gasteiger partial charge >= 0.3 is 0 Å². The summed E-state index contributed by atoms with van der Waals surface area (Å²) < 4.78 is 0. The van der Waals surface area contributed by atoms with Crippen LogP contribution in [0.2, 0.25) is 0 Å². The van der Waals surface area contributed by atoms with Crippen LogP contribution in [0.5, 0.6) is 0 Å². The number of hydrogen-bond donors (Lipinski definition) is 1. The van der Waals surface area contributed by atoms with Crippen molar-refractivity contribution in [2.45, 2.75) is 39.5 Å². The molecule has 1 saturated heterocycles. The Bertz CT molecular complexity index is 305. The molecule has 0 bridgehead atoms. The molecule has 116 valence electrons. The van der Waals surface area contributed by atoms with Crippen molar-refractivity contribution in [2.75, 3.05) is 39.3 Å². The molecule has 1 heterocycles. The normalized spacial score (nSPS) is 30.2. The minimum atomic E-state index is 0.306. The standard InChI is InChI=1S/C16H31N3O/c1-13-3-5-15(6-4-13)16(20)19-9-7-18(8-10-19)12-14(2)11-17/h13-15H,3-12,17H2,1-2H3. The number of nitrogens with two attached hydrogens (primary N) is 1. The lowest BCUT2D eigenvalue weighted by Gasteiger charge is -2.38. The highest BCUT2D eigenvalue weighted by Gasteiger charge is 2.30. The first-order valence-corrected chi connectivity index (χ1v) is 8.31. The minimum Gasteiger partial charge on any atom is -0.340 e. The molecule has 2 aliphatic rings. The quantitative estimate of drug-likeness (QED) is 0.850. The van der Waals surface area contributed by atoms with Gasteiger partial charge in [-0.25, -0.2) is 0 Å². The van der Waals surface area contributed by atoms with Crippen LogP contribution in [0.4, 0.5) is 0 Å². The van der Waals surface area contributed by atoms with Crippen molar-refractivity contribution in [1.29, 1.82) is 0 Å². The van der Waals surface area contributed by atoms with Gasteiger partial charge in [-0.3, -0.25) is 9.69 Å². The first-order valence-electron chi connectivity index (χ1n) is 8.31. The van der Waals surface area contributed by atoms with Crippen molar-refractivity contribution in [3.8, 4) is 0 Å². The molecule has 0 spiro atoms. The van der Waals surface area contributed by atoms with Crippen LogP contribution < -0.4 is 5.73 Å². The summed E-state index contributed by atoms with van der Waals surface area (Å²) in [4.78, 5) is 17.1. The van der Waals surface area contributed by atoms with Gasteiger partial charge in [0.2, 0.25) is 5.91 Å². The molecular weight excluding hydrogens is 250 g/mol. The lowest BCUT2D eigenvalue weighted by Crippen LogP contribution is -2.51. The van der Waals surface area contributed by atoms with Gasteiger partial charge in [-0.05, 0) is 44.1 Å². The summed E-state index contributed by atoms with van der Waals surface area (Å²) in [5.41, 5.74) is 5.68. The Morgan fingerprint density at radius 2 is 1.75 bits per heavy atom. The molecule has 1 saturated carbocycles. The molecule has 0 aromatic rings. The number of hydrogen-bond acceptors (Lipinski definition) is 3. The third-order valence-electron chi connectivity index (χ3n) is 5.02. The number of nitrogens with zero attached hydrogens (tertiary/aromatic N) is 2. The van der Waals surface area contributed by atoms with Gasteiger partial charge < -0.3 is 10.6 Å². The second-order valence-electron chi connectivity index (χ2n) is 6.92. The van der Waals surface area contributed by atoms with Crippen molar-refractivity contribution in [3.63, 3.8) is 0 Å². The van der Waals surface area contributed by atoms with Gasteiger partial charge in [0, 0.05) is 38.6 Å². The van der Waals surface area contributed by atoms with E-state index in [0.29, 0.717) is 17.7 Å². The number of carbonyl (C=O) groups is 1. The van der Waals surface area contributed by atoms with E-state index in [1.165, 1.54) is 12.8 Å².